The molecule has 78 heavy (non-hydrogen) atoms. The predicted molar refractivity (Wildman–Crippen MR) is 287 cm³/mol. The Hall–Kier alpha value is -7.05. The molecule has 1 unspecified atom stereocenters. The zero-order valence-corrected chi connectivity index (χ0v) is 45.7. The van der Waals surface area contributed by atoms with Gasteiger partial charge in [-0.1, -0.05) is 37.1 Å². The number of nitrogens with one attached hydrogen (secondary N) is 2. The largest absolute Gasteiger partial charge is 0.347 e. The number of fused-ring (bicyclic) bond motifs is 2. The van der Waals surface area contributed by atoms with E-state index >= 15 is 0 Å². The first kappa shape index (κ1) is 58.6. The van der Waals surface area contributed by atoms with E-state index in [0.29, 0.717) is 76.7 Å². The van der Waals surface area contributed by atoms with E-state index in [-0.39, 0.29) is 66.2 Å². The lowest BCUT2D eigenvalue weighted by molar-refractivity contribution is -0.437. The highest BCUT2D eigenvalue weighted by molar-refractivity contribution is 7.86. The Morgan fingerprint density at radius 1 is 0.679 bits per heavy atom. The molecule has 0 aliphatic carbocycles. The molecule has 0 spiro atoms. The summed E-state index contributed by atoms with van der Waals surface area (Å²) in [6.45, 7) is 5.39. The first-order valence-corrected chi connectivity index (χ1v) is 30.4. The molecule has 6 N–H and O–H groups in total. The number of hydrogen-bond donors (Lipinski definition) is 6. The standard InChI is InChI=1S/C50H56N10O14S4/c1-49(2)37-30-35(77(69,70)71)19-22-41(37)59(26-12-28-75(63,64)65)43(49)15-6-4-7-16-44-50(3,38-31-36(78(72,73)74)20-23-42(38)60(44)27-13-29-76(66,67)68)24-10-5-8-17-45(61)53-33-46(62)54-34-18-21-40(52-32-34)48-57-55-47(56-58-48)39-14-9-11-25-51-39/h4,6-7,9,11,14-16,18-23,25,30-32H,5,8,10,12-13,17,24,26-29,33H2,1-3H3,(H5-,51,53,54,57,58,61,62,63,64,65,66,67,68,69,70,71,72,73,74)/p+1. The zero-order valence-electron chi connectivity index (χ0n) is 42.5. The minimum Gasteiger partial charge on any atom is -0.347 e. The summed E-state index contributed by atoms with van der Waals surface area (Å²) in [6, 6.07) is 16.6. The first-order valence-electron chi connectivity index (χ1n) is 24.3. The van der Waals surface area contributed by atoms with Gasteiger partial charge in [0.1, 0.15) is 17.9 Å². The average Bonchev–Trinajstić information content (AvgIpc) is 3.98. The van der Waals surface area contributed by atoms with Gasteiger partial charge in [-0.3, -0.25) is 37.8 Å². The van der Waals surface area contributed by atoms with E-state index < -0.39 is 68.7 Å². The van der Waals surface area contributed by atoms with Crippen molar-refractivity contribution in [1.82, 2.24) is 35.7 Å². The van der Waals surface area contributed by atoms with Crippen LogP contribution < -0.4 is 15.5 Å². The molecule has 24 nitrogen and oxygen atoms in total. The van der Waals surface area contributed by atoms with Gasteiger partial charge in [0.05, 0.1) is 45.1 Å². The van der Waals surface area contributed by atoms with Crippen molar-refractivity contribution >= 4 is 75.1 Å². The molecule has 0 fully saturated rings. The van der Waals surface area contributed by atoms with Gasteiger partial charge in [-0.25, -0.2) is 0 Å². The smallest absolute Gasteiger partial charge is 0.294 e. The number of unbranched alkanes of at least 4 members (excludes halogenated alkanes) is 2. The maximum Gasteiger partial charge on any atom is 0.294 e. The highest BCUT2D eigenvalue weighted by Crippen LogP contribution is 2.51. The van der Waals surface area contributed by atoms with Crippen molar-refractivity contribution in [2.75, 3.05) is 41.4 Å². The van der Waals surface area contributed by atoms with Crippen LogP contribution in [0, 0.1) is 0 Å². The van der Waals surface area contributed by atoms with Crippen LogP contribution >= 0.6 is 0 Å². The Kier molecular flexibility index (Phi) is 18.0. The van der Waals surface area contributed by atoms with Gasteiger partial charge in [-0.05, 0) is 106 Å². The van der Waals surface area contributed by atoms with E-state index in [1.807, 2.05) is 25.7 Å². The highest BCUT2D eigenvalue weighted by atomic mass is 32.2. The van der Waals surface area contributed by atoms with Crippen molar-refractivity contribution in [2.24, 2.45) is 0 Å². The van der Waals surface area contributed by atoms with Crippen molar-refractivity contribution in [3.8, 4) is 23.0 Å². The molecule has 2 aliphatic rings. The van der Waals surface area contributed by atoms with Gasteiger partial charge in [0.2, 0.25) is 29.2 Å². The Morgan fingerprint density at radius 2 is 1.32 bits per heavy atom. The molecule has 5 aromatic rings. The van der Waals surface area contributed by atoms with Crippen LogP contribution in [-0.4, -0.2) is 135 Å². The van der Waals surface area contributed by atoms with Gasteiger partial charge in [-0.2, -0.15) is 38.2 Å². The third kappa shape index (κ3) is 14.7. The van der Waals surface area contributed by atoms with Crippen molar-refractivity contribution in [3.63, 3.8) is 0 Å². The van der Waals surface area contributed by atoms with Crippen molar-refractivity contribution in [3.05, 3.63) is 126 Å². The van der Waals surface area contributed by atoms with Crippen LogP contribution in [0.2, 0.25) is 0 Å². The molecule has 2 aliphatic heterocycles. The molecule has 0 radical (unpaired) electrons. The second-order valence-electron chi connectivity index (χ2n) is 19.1. The quantitative estimate of drug-likeness (QED) is 0.0198. The van der Waals surface area contributed by atoms with Crippen LogP contribution in [-0.2, 0) is 60.9 Å². The lowest BCUT2D eigenvalue weighted by atomic mass is 9.77. The summed E-state index contributed by atoms with van der Waals surface area (Å²) in [5.41, 5.74) is 2.75. The maximum absolute atomic E-state index is 12.9. The average molecular weight is 1150 g/mol. The molecule has 28 heteroatoms. The Bertz CT molecular complexity index is 3670. The second kappa shape index (κ2) is 23.9. The minimum atomic E-state index is -4.68. The number of carbonyl (C=O) groups excluding carboxylic acids is 2. The molecule has 0 saturated heterocycles. The van der Waals surface area contributed by atoms with Crippen LogP contribution in [0.25, 0.3) is 23.0 Å². The van der Waals surface area contributed by atoms with Gasteiger partial charge in [-0.15, -0.1) is 20.4 Å². The zero-order chi connectivity index (χ0) is 56.7. The molecule has 3 aromatic heterocycles. The van der Waals surface area contributed by atoms with Crippen LogP contribution in [0.5, 0.6) is 0 Å². The number of anilines is 2. The Balaban J connectivity index is 1.03. The summed E-state index contributed by atoms with van der Waals surface area (Å²) >= 11 is 0. The van der Waals surface area contributed by atoms with E-state index in [4.69, 9.17) is 0 Å². The number of benzene rings is 2. The van der Waals surface area contributed by atoms with E-state index in [1.54, 1.807) is 71.5 Å². The topological polar surface area (TPSA) is 359 Å². The highest BCUT2D eigenvalue weighted by Gasteiger charge is 2.46. The van der Waals surface area contributed by atoms with Crippen LogP contribution in [0.15, 0.2) is 125 Å². The lowest BCUT2D eigenvalue weighted by Crippen LogP contribution is -2.32. The third-order valence-electron chi connectivity index (χ3n) is 13.1. The van der Waals surface area contributed by atoms with Crippen LogP contribution in [0.4, 0.5) is 17.1 Å². The van der Waals surface area contributed by atoms with Crippen molar-refractivity contribution in [2.45, 2.75) is 86.3 Å². The number of aromatic nitrogens is 6. The molecular weight excluding hydrogens is 1090 g/mol. The Labute approximate surface area is 451 Å². The summed E-state index contributed by atoms with van der Waals surface area (Å²) in [7, 11) is -17.9. The van der Waals surface area contributed by atoms with Gasteiger partial charge in [0.15, 0.2) is 5.71 Å². The van der Waals surface area contributed by atoms with E-state index in [9.17, 15) is 61.5 Å². The number of pyridine rings is 2. The van der Waals surface area contributed by atoms with Gasteiger partial charge < -0.3 is 15.5 Å². The summed E-state index contributed by atoms with van der Waals surface area (Å²) in [4.78, 5) is 35.2. The monoisotopic (exact) mass is 1150 g/mol. The molecule has 2 aromatic carbocycles. The number of nitrogens with zero attached hydrogens (tertiary/aromatic N) is 8. The minimum absolute atomic E-state index is 0.0151. The number of amides is 2. The fourth-order valence-electron chi connectivity index (χ4n) is 9.36. The second-order valence-corrected chi connectivity index (χ2v) is 25.1. The molecule has 5 heterocycles. The predicted octanol–water partition coefficient (Wildman–Crippen LogP) is 5.30. The lowest BCUT2D eigenvalue weighted by Gasteiger charge is -2.30. The Morgan fingerprint density at radius 3 is 1.94 bits per heavy atom. The maximum atomic E-state index is 12.9. The third-order valence-corrected chi connectivity index (χ3v) is 16.5. The number of allylic oxidation sites excluding steroid dienone is 6. The fourth-order valence-corrected chi connectivity index (χ4v) is 11.4. The van der Waals surface area contributed by atoms with E-state index in [0.717, 1.165) is 0 Å². The normalized spacial score (nSPS) is 17.0. The summed E-state index contributed by atoms with van der Waals surface area (Å²) in [5, 5.41) is 21.5. The number of rotatable bonds is 24. The summed E-state index contributed by atoms with van der Waals surface area (Å²) in [5.74, 6) is -1.59. The van der Waals surface area contributed by atoms with Crippen LogP contribution in [0.3, 0.4) is 0 Å². The number of hydrogen-bond acceptors (Lipinski definition) is 17. The summed E-state index contributed by atoms with van der Waals surface area (Å²) in [6.07, 6.45) is 13.4. The number of carbonyl (C=O) groups is 2. The van der Waals surface area contributed by atoms with E-state index in [1.165, 1.54) is 42.6 Å². The van der Waals surface area contributed by atoms with Gasteiger partial charge in [0.25, 0.3) is 40.5 Å². The molecule has 0 saturated carbocycles. The van der Waals surface area contributed by atoms with Crippen molar-refractivity contribution in [1.29, 1.82) is 0 Å². The molecule has 2 amide bonds. The summed E-state index contributed by atoms with van der Waals surface area (Å²) < 4.78 is 137. The van der Waals surface area contributed by atoms with Gasteiger partial charge in [0, 0.05) is 60.1 Å². The van der Waals surface area contributed by atoms with Crippen LogP contribution in [0.1, 0.15) is 76.8 Å². The molecule has 414 valence electrons. The first-order chi connectivity index (χ1) is 36.6. The molecule has 0 bridgehead atoms. The fraction of sp³-hybridized carbons (Fsp3) is 0.340. The SMILES string of the molecule is CC1(C)C(/C=C/C=C/C=C2\N(CCCS(=O)(=O)O)c3ccc(S(=O)(=O)O)cc3C2(C)CCCCCC(=O)NCC(=O)Nc2ccc(-c3nnc(-c4ccccn4)nn3)nc2)=[N+](CCCS(=O)(=O)O)c2ccc(S(=O)(=O)O)cc21. The molecular formula is C50H57N10O14S4+. The molecule has 7 rings (SSSR count). The van der Waals surface area contributed by atoms with E-state index in [2.05, 4.69) is 41.0 Å². The molecule has 1 atom stereocenters. The van der Waals surface area contributed by atoms with Gasteiger partial charge >= 0.3 is 0 Å². The van der Waals surface area contributed by atoms with Crippen molar-refractivity contribution < 1.29 is 66.0 Å².